The van der Waals surface area contributed by atoms with Crippen LogP contribution in [0.2, 0.25) is 0 Å². The van der Waals surface area contributed by atoms with E-state index in [1.54, 1.807) is 14.2 Å². The molecule has 5 heteroatoms. The van der Waals surface area contributed by atoms with Crippen molar-refractivity contribution in [3.63, 3.8) is 0 Å². The molecule has 2 rings (SSSR count). The molecule has 0 unspecified atom stereocenters. The first-order valence-electron chi connectivity index (χ1n) is 7.17. The van der Waals surface area contributed by atoms with Gasteiger partial charge in [0, 0.05) is 31.9 Å². The third-order valence-electron chi connectivity index (χ3n) is 3.54. The molecule has 2 aromatic rings. The number of ether oxygens (including phenoxy) is 2. The van der Waals surface area contributed by atoms with Crippen LogP contribution >= 0.6 is 0 Å². The van der Waals surface area contributed by atoms with E-state index in [9.17, 15) is 0 Å². The molecule has 0 radical (unpaired) electrons. The lowest BCUT2D eigenvalue weighted by atomic mass is 10.0. The van der Waals surface area contributed by atoms with Gasteiger partial charge in [0.15, 0.2) is 11.5 Å². The second-order valence-corrected chi connectivity index (χ2v) is 4.89. The van der Waals surface area contributed by atoms with E-state index >= 15 is 0 Å². The predicted molar refractivity (Wildman–Crippen MR) is 82.8 cm³/mol. The third-order valence-corrected chi connectivity index (χ3v) is 3.54. The van der Waals surface area contributed by atoms with Crippen LogP contribution in [0.4, 0.5) is 0 Å². The Labute approximate surface area is 125 Å². The van der Waals surface area contributed by atoms with E-state index in [0.29, 0.717) is 12.3 Å². The number of methoxy groups -OCH3 is 2. The smallest absolute Gasteiger partial charge is 0.161 e. The number of imidazole rings is 1. The van der Waals surface area contributed by atoms with Crippen LogP contribution in [0, 0.1) is 0 Å². The van der Waals surface area contributed by atoms with Crippen molar-refractivity contribution in [3.05, 3.63) is 41.5 Å². The van der Waals surface area contributed by atoms with E-state index in [0.717, 1.165) is 42.1 Å². The van der Waals surface area contributed by atoms with Gasteiger partial charge in [-0.1, -0.05) is 6.92 Å². The first-order valence-corrected chi connectivity index (χ1v) is 7.17. The number of benzene rings is 1. The van der Waals surface area contributed by atoms with Crippen LogP contribution in [0.3, 0.4) is 0 Å². The van der Waals surface area contributed by atoms with Crippen LogP contribution in [0.25, 0.3) is 0 Å². The van der Waals surface area contributed by atoms with Crippen LogP contribution < -0.4 is 15.2 Å². The Bertz CT molecular complexity index is 593. The summed E-state index contributed by atoms with van der Waals surface area (Å²) in [7, 11) is 3.27. The van der Waals surface area contributed by atoms with Crippen molar-refractivity contribution < 1.29 is 9.47 Å². The number of aromatic nitrogens is 2. The summed E-state index contributed by atoms with van der Waals surface area (Å²) < 4.78 is 12.9. The van der Waals surface area contributed by atoms with Crippen LogP contribution in [0.5, 0.6) is 11.5 Å². The Kier molecular flexibility index (Phi) is 5.22. The molecule has 0 fully saturated rings. The number of nitrogens with zero attached hydrogens (tertiary/aromatic N) is 2. The molecule has 21 heavy (non-hydrogen) atoms. The minimum absolute atomic E-state index is 0.462. The standard InChI is InChI=1S/C16H23N3O2/c1-4-6-19-7-5-18-16(19)10-12-8-14(20-2)15(21-3)9-13(12)11-17/h5,7-9H,4,6,10-11,17H2,1-3H3. The lowest BCUT2D eigenvalue weighted by Crippen LogP contribution is -2.08. The molecule has 0 saturated carbocycles. The first-order chi connectivity index (χ1) is 10.2. The van der Waals surface area contributed by atoms with Gasteiger partial charge in [-0.05, 0) is 29.7 Å². The van der Waals surface area contributed by atoms with E-state index < -0.39 is 0 Å². The highest BCUT2D eigenvalue weighted by atomic mass is 16.5. The molecule has 2 N–H and O–H groups in total. The summed E-state index contributed by atoms with van der Waals surface area (Å²) in [5.41, 5.74) is 8.05. The molecule has 0 spiro atoms. The molecule has 0 bridgehead atoms. The zero-order valence-electron chi connectivity index (χ0n) is 12.9. The van der Waals surface area contributed by atoms with Crippen LogP contribution in [-0.2, 0) is 19.5 Å². The summed E-state index contributed by atoms with van der Waals surface area (Å²) in [4.78, 5) is 4.45. The minimum atomic E-state index is 0.462. The van der Waals surface area contributed by atoms with Gasteiger partial charge in [0.25, 0.3) is 0 Å². The zero-order valence-corrected chi connectivity index (χ0v) is 12.9. The van der Waals surface area contributed by atoms with Crippen molar-refractivity contribution in [2.75, 3.05) is 14.2 Å². The maximum atomic E-state index is 5.87. The van der Waals surface area contributed by atoms with Gasteiger partial charge in [-0.2, -0.15) is 0 Å². The summed E-state index contributed by atoms with van der Waals surface area (Å²) in [5, 5.41) is 0. The normalized spacial score (nSPS) is 10.7. The van der Waals surface area contributed by atoms with E-state index in [1.165, 1.54) is 0 Å². The second-order valence-electron chi connectivity index (χ2n) is 4.89. The quantitative estimate of drug-likeness (QED) is 0.850. The van der Waals surface area contributed by atoms with Gasteiger partial charge in [-0.25, -0.2) is 4.98 Å². The van der Waals surface area contributed by atoms with Crippen LogP contribution in [-0.4, -0.2) is 23.8 Å². The number of hydrogen-bond donors (Lipinski definition) is 1. The van der Waals surface area contributed by atoms with Crippen molar-refractivity contribution in [2.45, 2.75) is 32.9 Å². The summed E-state index contributed by atoms with van der Waals surface area (Å²) in [6.07, 6.45) is 5.68. The maximum absolute atomic E-state index is 5.87. The summed E-state index contributed by atoms with van der Waals surface area (Å²) >= 11 is 0. The highest BCUT2D eigenvalue weighted by molar-refractivity contribution is 5.48. The van der Waals surface area contributed by atoms with Gasteiger partial charge < -0.3 is 19.8 Å². The number of aryl methyl sites for hydroxylation is 1. The predicted octanol–water partition coefficient (Wildman–Crippen LogP) is 2.36. The van der Waals surface area contributed by atoms with Gasteiger partial charge in [0.1, 0.15) is 5.82 Å². The van der Waals surface area contributed by atoms with Crippen molar-refractivity contribution in [1.29, 1.82) is 0 Å². The SMILES string of the molecule is CCCn1ccnc1Cc1cc(OC)c(OC)cc1CN. The van der Waals surface area contributed by atoms with Crippen molar-refractivity contribution in [2.24, 2.45) is 5.73 Å². The monoisotopic (exact) mass is 289 g/mol. The molecule has 0 aliphatic rings. The van der Waals surface area contributed by atoms with E-state index in [1.807, 2.05) is 24.5 Å². The second kappa shape index (κ2) is 7.13. The summed E-state index contributed by atoms with van der Waals surface area (Å²) in [6, 6.07) is 3.94. The molecule has 0 saturated heterocycles. The molecular formula is C16H23N3O2. The minimum Gasteiger partial charge on any atom is -0.493 e. The Hall–Kier alpha value is -2.01. The summed E-state index contributed by atoms with van der Waals surface area (Å²) in [6.45, 7) is 3.59. The molecule has 0 atom stereocenters. The summed E-state index contributed by atoms with van der Waals surface area (Å²) in [5.74, 6) is 2.47. The first kappa shape index (κ1) is 15.4. The maximum Gasteiger partial charge on any atom is 0.161 e. The van der Waals surface area contributed by atoms with Gasteiger partial charge in [0.05, 0.1) is 14.2 Å². The fourth-order valence-electron chi connectivity index (χ4n) is 2.44. The Morgan fingerprint density at radius 3 is 2.38 bits per heavy atom. The fraction of sp³-hybridized carbons (Fsp3) is 0.438. The highest BCUT2D eigenvalue weighted by Gasteiger charge is 2.13. The van der Waals surface area contributed by atoms with Gasteiger partial charge in [-0.15, -0.1) is 0 Å². The molecule has 5 nitrogen and oxygen atoms in total. The van der Waals surface area contributed by atoms with Crippen LogP contribution in [0.1, 0.15) is 30.3 Å². The zero-order chi connectivity index (χ0) is 15.2. The molecule has 0 aliphatic carbocycles. The molecule has 0 aliphatic heterocycles. The Balaban J connectivity index is 2.36. The third kappa shape index (κ3) is 3.36. The Morgan fingerprint density at radius 2 is 1.81 bits per heavy atom. The molecule has 1 aromatic heterocycles. The highest BCUT2D eigenvalue weighted by Crippen LogP contribution is 2.31. The lowest BCUT2D eigenvalue weighted by molar-refractivity contribution is 0.354. The largest absolute Gasteiger partial charge is 0.493 e. The van der Waals surface area contributed by atoms with E-state index in [-0.39, 0.29) is 0 Å². The molecule has 1 heterocycles. The van der Waals surface area contributed by atoms with Crippen molar-refractivity contribution in [1.82, 2.24) is 9.55 Å². The van der Waals surface area contributed by atoms with Crippen LogP contribution in [0.15, 0.2) is 24.5 Å². The fourth-order valence-corrected chi connectivity index (χ4v) is 2.44. The topological polar surface area (TPSA) is 62.3 Å². The molecule has 1 aromatic carbocycles. The number of rotatable bonds is 7. The van der Waals surface area contributed by atoms with E-state index in [2.05, 4.69) is 16.5 Å². The average molecular weight is 289 g/mol. The number of hydrogen-bond acceptors (Lipinski definition) is 4. The van der Waals surface area contributed by atoms with Gasteiger partial charge in [-0.3, -0.25) is 0 Å². The number of nitrogens with two attached hydrogens (primary N) is 1. The molecular weight excluding hydrogens is 266 g/mol. The Morgan fingerprint density at radius 1 is 1.14 bits per heavy atom. The van der Waals surface area contributed by atoms with E-state index in [4.69, 9.17) is 15.2 Å². The average Bonchev–Trinajstić information content (AvgIpc) is 2.94. The van der Waals surface area contributed by atoms with Crippen molar-refractivity contribution >= 4 is 0 Å². The molecule has 114 valence electrons. The van der Waals surface area contributed by atoms with Gasteiger partial charge in [0.2, 0.25) is 0 Å². The van der Waals surface area contributed by atoms with Crippen molar-refractivity contribution in [3.8, 4) is 11.5 Å². The van der Waals surface area contributed by atoms with Gasteiger partial charge >= 0.3 is 0 Å². The lowest BCUT2D eigenvalue weighted by Gasteiger charge is -2.14. The molecule has 0 amide bonds.